The molecule has 3 aliphatic rings. The molecule has 0 radical (unpaired) electrons. The van der Waals surface area contributed by atoms with Crippen LogP contribution in [0.5, 0.6) is 0 Å². The van der Waals surface area contributed by atoms with Crippen molar-refractivity contribution in [3.8, 4) is 0 Å². The monoisotopic (exact) mass is 209 g/mol. The third-order valence-electron chi connectivity index (χ3n) is 4.13. The molecule has 2 saturated heterocycles. The van der Waals surface area contributed by atoms with E-state index in [9.17, 15) is 9.59 Å². The van der Waals surface area contributed by atoms with Gasteiger partial charge in [-0.1, -0.05) is 0 Å². The normalized spacial score (nSPS) is 42.0. The molecule has 1 N–H and O–H groups in total. The molecule has 0 aromatic carbocycles. The second kappa shape index (κ2) is 2.97. The van der Waals surface area contributed by atoms with Gasteiger partial charge in [-0.25, -0.2) is 0 Å². The van der Waals surface area contributed by atoms with E-state index in [2.05, 4.69) is 0 Å². The van der Waals surface area contributed by atoms with Crippen LogP contribution in [0.2, 0.25) is 0 Å². The maximum Gasteiger partial charge on any atom is 0.307 e. The van der Waals surface area contributed by atoms with Gasteiger partial charge >= 0.3 is 5.97 Å². The number of carbonyl (C=O) groups excluding carboxylic acids is 1. The van der Waals surface area contributed by atoms with Crippen molar-refractivity contribution in [2.45, 2.75) is 44.2 Å². The van der Waals surface area contributed by atoms with Crippen molar-refractivity contribution in [3.63, 3.8) is 0 Å². The number of amides is 1. The summed E-state index contributed by atoms with van der Waals surface area (Å²) < 4.78 is 0. The van der Waals surface area contributed by atoms with Gasteiger partial charge in [0, 0.05) is 12.1 Å². The molecule has 4 nitrogen and oxygen atoms in total. The lowest BCUT2D eigenvalue weighted by molar-refractivity contribution is -0.142. The number of hydrogen-bond acceptors (Lipinski definition) is 2. The van der Waals surface area contributed by atoms with Crippen LogP contribution in [0.25, 0.3) is 0 Å². The quantitative estimate of drug-likeness (QED) is 0.733. The number of carboxylic acids is 1. The SMILES string of the molecule is O=C(O)[C@@H]1C[C@@H]1C(=O)N1C2CCC1CC2. The van der Waals surface area contributed by atoms with Crippen LogP contribution in [0.1, 0.15) is 32.1 Å². The van der Waals surface area contributed by atoms with Gasteiger partial charge in [0.15, 0.2) is 0 Å². The highest BCUT2D eigenvalue weighted by molar-refractivity contribution is 5.90. The maximum atomic E-state index is 12.0. The van der Waals surface area contributed by atoms with Gasteiger partial charge in [-0.15, -0.1) is 0 Å². The van der Waals surface area contributed by atoms with E-state index in [0.29, 0.717) is 18.5 Å². The van der Waals surface area contributed by atoms with Gasteiger partial charge in [0.2, 0.25) is 5.91 Å². The number of rotatable bonds is 2. The zero-order valence-electron chi connectivity index (χ0n) is 8.56. The first-order valence-electron chi connectivity index (χ1n) is 5.73. The molecule has 3 fully saturated rings. The van der Waals surface area contributed by atoms with E-state index in [1.807, 2.05) is 4.90 Å². The van der Waals surface area contributed by atoms with Crippen molar-refractivity contribution >= 4 is 11.9 Å². The van der Waals surface area contributed by atoms with Crippen molar-refractivity contribution in [3.05, 3.63) is 0 Å². The summed E-state index contributed by atoms with van der Waals surface area (Å²) in [5.41, 5.74) is 0. The maximum absolute atomic E-state index is 12.0. The lowest BCUT2D eigenvalue weighted by Crippen LogP contribution is -2.36. The van der Waals surface area contributed by atoms with Crippen molar-refractivity contribution in [1.29, 1.82) is 0 Å². The molecule has 0 spiro atoms. The second-order valence-corrected chi connectivity index (χ2v) is 4.99. The Morgan fingerprint density at radius 3 is 1.93 bits per heavy atom. The van der Waals surface area contributed by atoms with Crippen LogP contribution >= 0.6 is 0 Å². The molecule has 3 rings (SSSR count). The fourth-order valence-corrected chi connectivity index (χ4v) is 3.20. The average Bonchev–Trinajstić information content (AvgIpc) is 2.81. The fraction of sp³-hybridized carbons (Fsp3) is 0.818. The zero-order valence-corrected chi connectivity index (χ0v) is 8.56. The average molecular weight is 209 g/mol. The third kappa shape index (κ3) is 1.27. The van der Waals surface area contributed by atoms with Gasteiger partial charge in [-0.3, -0.25) is 9.59 Å². The molecular formula is C11H15NO3. The minimum Gasteiger partial charge on any atom is -0.481 e. The molecule has 15 heavy (non-hydrogen) atoms. The van der Waals surface area contributed by atoms with Crippen LogP contribution in [0.15, 0.2) is 0 Å². The number of hydrogen-bond donors (Lipinski definition) is 1. The van der Waals surface area contributed by atoms with Crippen molar-refractivity contribution < 1.29 is 14.7 Å². The topological polar surface area (TPSA) is 57.6 Å². The summed E-state index contributed by atoms with van der Waals surface area (Å²) in [6.07, 6.45) is 5.06. The summed E-state index contributed by atoms with van der Waals surface area (Å²) in [4.78, 5) is 24.7. The van der Waals surface area contributed by atoms with E-state index in [1.54, 1.807) is 0 Å². The zero-order chi connectivity index (χ0) is 10.6. The minimum absolute atomic E-state index is 0.118. The highest BCUT2D eigenvalue weighted by atomic mass is 16.4. The number of fused-ring (bicyclic) bond motifs is 2. The lowest BCUT2D eigenvalue weighted by atomic mass is 10.0. The number of carbonyl (C=O) groups is 2. The number of carboxylic acid groups (broad SMARTS) is 1. The molecule has 2 bridgehead atoms. The molecule has 2 heterocycles. The molecule has 1 aliphatic carbocycles. The Balaban J connectivity index is 1.69. The molecule has 1 amide bonds. The van der Waals surface area contributed by atoms with Crippen LogP contribution in [-0.4, -0.2) is 34.0 Å². The highest BCUT2D eigenvalue weighted by Gasteiger charge is 2.53. The Labute approximate surface area is 88.2 Å². The molecule has 0 aromatic rings. The first kappa shape index (κ1) is 9.19. The second-order valence-electron chi connectivity index (χ2n) is 4.99. The Kier molecular flexibility index (Phi) is 1.82. The minimum atomic E-state index is -0.806. The summed E-state index contributed by atoms with van der Waals surface area (Å²) in [5.74, 6) is -1.28. The molecule has 0 aromatic heterocycles. The predicted molar refractivity (Wildman–Crippen MR) is 52.1 cm³/mol. The van der Waals surface area contributed by atoms with E-state index in [-0.39, 0.29) is 11.8 Å². The van der Waals surface area contributed by atoms with Gasteiger partial charge in [0.25, 0.3) is 0 Å². The molecule has 4 heteroatoms. The summed E-state index contributed by atoms with van der Waals surface area (Å²) in [6.45, 7) is 0. The van der Waals surface area contributed by atoms with E-state index < -0.39 is 11.9 Å². The van der Waals surface area contributed by atoms with E-state index in [1.165, 1.54) is 0 Å². The van der Waals surface area contributed by atoms with Crippen molar-refractivity contribution in [2.75, 3.05) is 0 Å². The Morgan fingerprint density at radius 1 is 1.00 bits per heavy atom. The largest absolute Gasteiger partial charge is 0.481 e. The first-order chi connectivity index (χ1) is 7.18. The van der Waals surface area contributed by atoms with Gasteiger partial charge in [-0.05, 0) is 32.1 Å². The van der Waals surface area contributed by atoms with Crippen LogP contribution in [0, 0.1) is 11.8 Å². The standard InChI is InChI=1S/C11H15NO3/c13-10(8-5-9(8)11(14)15)12-6-1-2-7(12)4-3-6/h6-9H,1-5H2,(H,14,15)/t6?,7?,8-,9+/m0/s1. The van der Waals surface area contributed by atoms with Gasteiger partial charge < -0.3 is 10.0 Å². The van der Waals surface area contributed by atoms with Crippen LogP contribution < -0.4 is 0 Å². The Hall–Kier alpha value is -1.06. The van der Waals surface area contributed by atoms with Crippen LogP contribution in [0.3, 0.4) is 0 Å². The smallest absolute Gasteiger partial charge is 0.307 e. The van der Waals surface area contributed by atoms with Gasteiger partial charge in [-0.2, -0.15) is 0 Å². The van der Waals surface area contributed by atoms with Crippen LogP contribution in [0.4, 0.5) is 0 Å². The number of nitrogens with zero attached hydrogens (tertiary/aromatic N) is 1. The molecule has 1 saturated carbocycles. The van der Waals surface area contributed by atoms with Crippen LogP contribution in [-0.2, 0) is 9.59 Å². The summed E-state index contributed by atoms with van der Waals surface area (Å²) >= 11 is 0. The number of aliphatic carboxylic acids is 1. The summed E-state index contributed by atoms with van der Waals surface area (Å²) in [7, 11) is 0. The predicted octanol–water partition coefficient (Wildman–Crippen LogP) is 0.861. The van der Waals surface area contributed by atoms with Crippen molar-refractivity contribution in [1.82, 2.24) is 4.90 Å². The van der Waals surface area contributed by atoms with Gasteiger partial charge in [0.05, 0.1) is 11.8 Å². The third-order valence-corrected chi connectivity index (χ3v) is 4.13. The summed E-state index contributed by atoms with van der Waals surface area (Å²) in [5, 5.41) is 8.79. The molecule has 2 atom stereocenters. The molecule has 2 aliphatic heterocycles. The van der Waals surface area contributed by atoms with E-state index >= 15 is 0 Å². The Morgan fingerprint density at radius 2 is 1.53 bits per heavy atom. The van der Waals surface area contributed by atoms with E-state index in [0.717, 1.165) is 25.7 Å². The Bertz CT molecular complexity index is 308. The van der Waals surface area contributed by atoms with E-state index in [4.69, 9.17) is 5.11 Å². The van der Waals surface area contributed by atoms with Crippen molar-refractivity contribution in [2.24, 2.45) is 11.8 Å². The fourth-order valence-electron chi connectivity index (χ4n) is 3.20. The highest BCUT2D eigenvalue weighted by Crippen LogP contribution is 2.45. The lowest BCUT2D eigenvalue weighted by Gasteiger charge is -2.21. The molecular weight excluding hydrogens is 194 g/mol. The molecule has 82 valence electrons. The molecule has 0 unspecified atom stereocenters. The first-order valence-corrected chi connectivity index (χ1v) is 5.73. The van der Waals surface area contributed by atoms with Gasteiger partial charge in [0.1, 0.15) is 0 Å². The summed E-state index contributed by atoms with van der Waals surface area (Å²) in [6, 6.07) is 0.857.